The van der Waals surface area contributed by atoms with Crippen LogP contribution in [-0.2, 0) is 9.53 Å². The van der Waals surface area contributed by atoms with Crippen LogP contribution in [0.15, 0.2) is 67.5 Å². The monoisotopic (exact) mass is 448 g/mol. The molecule has 4 aromatic rings. The molecular weight excluding hydrogens is 427 g/mol. The second-order valence-electron chi connectivity index (χ2n) is 6.92. The predicted molar refractivity (Wildman–Crippen MR) is 122 cm³/mol. The number of nitrogens with one attached hydrogen (secondary N) is 2. The van der Waals surface area contributed by atoms with Gasteiger partial charge in [-0.2, -0.15) is 0 Å². The molecule has 0 aliphatic carbocycles. The van der Waals surface area contributed by atoms with Gasteiger partial charge >= 0.3 is 0 Å². The lowest BCUT2D eigenvalue weighted by Gasteiger charge is -2.09. The normalized spacial score (nSPS) is 10.7. The third-order valence-electron chi connectivity index (χ3n) is 4.66. The third kappa shape index (κ3) is 5.16. The van der Waals surface area contributed by atoms with Gasteiger partial charge in [0.05, 0.1) is 12.8 Å². The van der Waals surface area contributed by atoms with Crippen LogP contribution in [0.2, 0.25) is 0 Å². The number of carbonyl (C=O) groups excluding carboxylic acids is 1. The summed E-state index contributed by atoms with van der Waals surface area (Å²) in [5, 5.41) is 2.67. The minimum atomic E-state index is -0.465. The highest BCUT2D eigenvalue weighted by Crippen LogP contribution is 2.32. The Balaban J connectivity index is 1.61. The van der Waals surface area contributed by atoms with E-state index in [2.05, 4.69) is 26.8 Å². The molecule has 0 bridgehead atoms. The van der Waals surface area contributed by atoms with Crippen molar-refractivity contribution in [3.05, 3.63) is 73.3 Å². The molecule has 1 amide bonds. The minimum absolute atomic E-state index is 0.123. The van der Waals surface area contributed by atoms with E-state index >= 15 is 0 Å². The number of hydrogen-bond acceptors (Lipinski definition) is 6. The quantitative estimate of drug-likeness (QED) is 0.284. The maximum Gasteiger partial charge on any atom is 0.247 e. The number of halogens is 1. The summed E-state index contributed by atoms with van der Waals surface area (Å²) in [4.78, 5) is 23.5. The van der Waals surface area contributed by atoms with E-state index in [9.17, 15) is 9.18 Å². The smallest absolute Gasteiger partial charge is 0.247 e. The Morgan fingerprint density at radius 2 is 2.12 bits per heavy atom. The number of carbonyl (C=O) groups is 1. The van der Waals surface area contributed by atoms with Crippen LogP contribution in [-0.4, -0.2) is 41.2 Å². The summed E-state index contributed by atoms with van der Waals surface area (Å²) >= 11 is 0. The Labute approximate surface area is 189 Å². The number of benzene rings is 2. The fourth-order valence-corrected chi connectivity index (χ4v) is 3.11. The number of H-pyrrole nitrogens is 1. The molecule has 4 rings (SSSR count). The van der Waals surface area contributed by atoms with Gasteiger partial charge in [0.15, 0.2) is 17.2 Å². The fourth-order valence-electron chi connectivity index (χ4n) is 3.11. The summed E-state index contributed by atoms with van der Waals surface area (Å²) < 4.78 is 30.4. The van der Waals surface area contributed by atoms with Gasteiger partial charge in [-0.05, 0) is 35.9 Å². The molecule has 0 atom stereocenters. The second-order valence-corrected chi connectivity index (χ2v) is 6.92. The Morgan fingerprint density at radius 3 is 2.94 bits per heavy atom. The van der Waals surface area contributed by atoms with Crippen LogP contribution in [0.25, 0.3) is 22.3 Å². The van der Waals surface area contributed by atoms with Crippen LogP contribution in [0, 0.1) is 5.82 Å². The number of fused-ring (bicyclic) bond motifs is 1. The highest BCUT2D eigenvalue weighted by atomic mass is 19.1. The first-order chi connectivity index (χ1) is 16.1. The molecule has 0 radical (unpaired) electrons. The van der Waals surface area contributed by atoms with E-state index in [1.54, 1.807) is 49.7 Å². The van der Waals surface area contributed by atoms with Crippen LogP contribution >= 0.6 is 0 Å². The molecule has 0 saturated carbocycles. The zero-order chi connectivity index (χ0) is 23.2. The first-order valence-electron chi connectivity index (χ1n) is 10.0. The standard InChI is InChI=1S/C24H21FN4O4/c1-3-21(30)28-16-5-4-6-17(12-16)33-22-14-27-24-23(29-22)18(13-26-24)15-7-8-19(25)20(11-15)32-10-9-31-2/h3-8,11-14H,1,9-10H2,2H3,(H,26,27)(H,28,30). The van der Waals surface area contributed by atoms with E-state index in [1.165, 1.54) is 18.3 Å². The van der Waals surface area contributed by atoms with Crippen LogP contribution in [0.3, 0.4) is 0 Å². The van der Waals surface area contributed by atoms with Crippen LogP contribution in [0.1, 0.15) is 0 Å². The van der Waals surface area contributed by atoms with Crippen molar-refractivity contribution in [3.8, 4) is 28.5 Å². The van der Waals surface area contributed by atoms with Crippen molar-refractivity contribution in [2.45, 2.75) is 0 Å². The summed E-state index contributed by atoms with van der Waals surface area (Å²) in [5.41, 5.74) is 3.08. The van der Waals surface area contributed by atoms with Gasteiger partial charge in [-0.1, -0.05) is 18.7 Å². The van der Waals surface area contributed by atoms with E-state index in [0.717, 1.165) is 0 Å². The topological polar surface area (TPSA) is 98.4 Å². The summed E-state index contributed by atoms with van der Waals surface area (Å²) in [6.07, 6.45) is 4.41. The van der Waals surface area contributed by atoms with Crippen molar-refractivity contribution in [1.82, 2.24) is 15.0 Å². The lowest BCUT2D eigenvalue weighted by Crippen LogP contribution is -2.07. The van der Waals surface area contributed by atoms with Gasteiger partial charge in [0.1, 0.15) is 17.9 Å². The van der Waals surface area contributed by atoms with Crippen molar-refractivity contribution in [2.75, 3.05) is 25.6 Å². The molecule has 0 spiro atoms. The van der Waals surface area contributed by atoms with Gasteiger partial charge in [-0.15, -0.1) is 0 Å². The average Bonchev–Trinajstić information content (AvgIpc) is 3.24. The van der Waals surface area contributed by atoms with Gasteiger partial charge in [-0.25, -0.2) is 14.4 Å². The van der Waals surface area contributed by atoms with Crippen LogP contribution < -0.4 is 14.8 Å². The van der Waals surface area contributed by atoms with E-state index in [-0.39, 0.29) is 24.1 Å². The van der Waals surface area contributed by atoms with Crippen molar-refractivity contribution < 1.29 is 23.4 Å². The molecule has 2 N–H and O–H groups in total. The van der Waals surface area contributed by atoms with Crippen molar-refractivity contribution >= 4 is 22.8 Å². The molecule has 0 aliphatic rings. The maximum absolute atomic E-state index is 14.1. The first-order valence-corrected chi connectivity index (χ1v) is 10.0. The number of methoxy groups -OCH3 is 1. The van der Waals surface area contributed by atoms with E-state index in [1.807, 2.05) is 0 Å². The van der Waals surface area contributed by atoms with Gasteiger partial charge in [-0.3, -0.25) is 4.79 Å². The fraction of sp³-hybridized carbons (Fsp3) is 0.125. The largest absolute Gasteiger partial charge is 0.488 e. The second kappa shape index (κ2) is 9.92. The molecule has 33 heavy (non-hydrogen) atoms. The summed E-state index contributed by atoms with van der Waals surface area (Å²) in [7, 11) is 1.55. The van der Waals surface area contributed by atoms with E-state index in [4.69, 9.17) is 14.2 Å². The summed E-state index contributed by atoms with van der Waals surface area (Å²) in [5.74, 6) is 0.0634. The van der Waals surface area contributed by atoms with E-state index in [0.29, 0.717) is 40.3 Å². The van der Waals surface area contributed by atoms with Crippen molar-refractivity contribution in [1.29, 1.82) is 0 Å². The summed E-state index contributed by atoms with van der Waals surface area (Å²) in [6.45, 7) is 4.01. The number of anilines is 1. The van der Waals surface area contributed by atoms with Crippen molar-refractivity contribution in [3.63, 3.8) is 0 Å². The van der Waals surface area contributed by atoms with Crippen LogP contribution in [0.5, 0.6) is 17.4 Å². The first kappa shape index (κ1) is 22.0. The minimum Gasteiger partial charge on any atom is -0.488 e. The molecule has 168 valence electrons. The van der Waals surface area contributed by atoms with Crippen molar-refractivity contribution in [2.24, 2.45) is 0 Å². The molecule has 0 saturated heterocycles. The summed E-state index contributed by atoms with van der Waals surface area (Å²) in [6, 6.07) is 11.5. The van der Waals surface area contributed by atoms with Gasteiger partial charge in [0, 0.05) is 30.6 Å². The molecule has 2 heterocycles. The number of amides is 1. The number of ether oxygens (including phenoxy) is 3. The molecule has 0 aliphatic heterocycles. The number of rotatable bonds is 9. The maximum atomic E-state index is 14.1. The van der Waals surface area contributed by atoms with Gasteiger partial charge in [0.25, 0.3) is 0 Å². The molecule has 9 heteroatoms. The highest BCUT2D eigenvalue weighted by Gasteiger charge is 2.14. The molecule has 0 fully saturated rings. The number of aromatic nitrogens is 3. The number of nitrogens with zero attached hydrogens (tertiary/aromatic N) is 2. The molecule has 0 unspecified atom stereocenters. The zero-order valence-corrected chi connectivity index (χ0v) is 17.8. The van der Waals surface area contributed by atoms with E-state index < -0.39 is 5.82 Å². The Morgan fingerprint density at radius 1 is 1.24 bits per heavy atom. The van der Waals surface area contributed by atoms with Gasteiger partial charge < -0.3 is 24.5 Å². The lowest BCUT2D eigenvalue weighted by atomic mass is 10.1. The average molecular weight is 448 g/mol. The Hall–Kier alpha value is -4.24. The molecule has 2 aromatic carbocycles. The van der Waals surface area contributed by atoms with Crippen LogP contribution in [0.4, 0.5) is 10.1 Å². The molecule has 8 nitrogen and oxygen atoms in total. The Bertz CT molecular complexity index is 1300. The lowest BCUT2D eigenvalue weighted by molar-refractivity contribution is -0.111. The third-order valence-corrected chi connectivity index (χ3v) is 4.66. The number of aromatic amines is 1. The zero-order valence-electron chi connectivity index (χ0n) is 17.8. The SMILES string of the molecule is C=CC(=O)Nc1cccc(Oc2cnc3[nH]cc(-c4ccc(F)c(OCCOC)c4)c3n2)c1. The molecular formula is C24H21FN4O4. The van der Waals surface area contributed by atoms with Gasteiger partial charge in [0.2, 0.25) is 11.8 Å². The highest BCUT2D eigenvalue weighted by molar-refractivity contribution is 5.99. The Kier molecular flexibility index (Phi) is 6.61. The number of hydrogen-bond donors (Lipinski definition) is 2. The predicted octanol–water partition coefficient (Wildman–Crippen LogP) is 4.71. The molecule has 2 aromatic heterocycles.